The molecule has 0 atom stereocenters. The smallest absolute Gasteiger partial charge is 0.262 e. The van der Waals surface area contributed by atoms with Crippen molar-refractivity contribution in [1.29, 1.82) is 0 Å². The number of halogens is 3. The number of nitrogens with zero attached hydrogens (tertiary/aromatic N) is 2. The van der Waals surface area contributed by atoms with E-state index in [1.807, 2.05) is 6.92 Å². The minimum Gasteiger partial charge on any atom is -0.320 e. The molecule has 1 N–H and O–H groups in total. The Balaban J connectivity index is 1.86. The quantitative estimate of drug-likeness (QED) is 0.469. The second-order valence-corrected chi connectivity index (χ2v) is 7.33. The lowest BCUT2D eigenvalue weighted by atomic mass is 10.2. The molecule has 1 heterocycles. The molecular formula is C19H16ClF2N3O2S. The van der Waals surface area contributed by atoms with E-state index in [-0.39, 0.29) is 11.3 Å². The van der Waals surface area contributed by atoms with Crippen LogP contribution >= 0.6 is 23.4 Å². The van der Waals surface area contributed by atoms with E-state index < -0.39 is 23.2 Å². The Bertz CT molecular complexity index is 1080. The third kappa shape index (κ3) is 4.34. The predicted molar refractivity (Wildman–Crippen MR) is 107 cm³/mol. The van der Waals surface area contributed by atoms with Gasteiger partial charge >= 0.3 is 0 Å². The van der Waals surface area contributed by atoms with E-state index in [2.05, 4.69) is 10.3 Å². The number of amides is 1. The highest BCUT2D eigenvalue weighted by Gasteiger charge is 2.15. The topological polar surface area (TPSA) is 64.0 Å². The van der Waals surface area contributed by atoms with Gasteiger partial charge in [-0.3, -0.25) is 14.2 Å². The van der Waals surface area contributed by atoms with Crippen molar-refractivity contribution in [2.24, 2.45) is 0 Å². The highest BCUT2D eigenvalue weighted by Crippen LogP contribution is 2.22. The Labute approximate surface area is 168 Å². The van der Waals surface area contributed by atoms with Gasteiger partial charge in [0, 0.05) is 11.6 Å². The summed E-state index contributed by atoms with van der Waals surface area (Å²) in [6.07, 6.45) is 0.695. The maximum Gasteiger partial charge on any atom is 0.262 e. The van der Waals surface area contributed by atoms with E-state index in [1.54, 1.807) is 18.2 Å². The van der Waals surface area contributed by atoms with E-state index in [0.717, 1.165) is 23.9 Å². The summed E-state index contributed by atoms with van der Waals surface area (Å²) in [5.74, 6) is -2.51. The highest BCUT2D eigenvalue weighted by molar-refractivity contribution is 7.99. The van der Waals surface area contributed by atoms with Gasteiger partial charge in [-0.2, -0.15) is 0 Å². The van der Waals surface area contributed by atoms with Gasteiger partial charge < -0.3 is 5.32 Å². The fraction of sp³-hybridized carbons (Fsp3) is 0.211. The number of hydrogen-bond donors (Lipinski definition) is 1. The third-order valence-corrected chi connectivity index (χ3v) is 5.10. The van der Waals surface area contributed by atoms with Gasteiger partial charge in [0.25, 0.3) is 5.56 Å². The van der Waals surface area contributed by atoms with Crippen LogP contribution in [-0.4, -0.2) is 21.2 Å². The molecule has 0 unspecified atom stereocenters. The van der Waals surface area contributed by atoms with Crippen molar-refractivity contribution in [3.8, 4) is 0 Å². The molecule has 0 fully saturated rings. The van der Waals surface area contributed by atoms with Crippen molar-refractivity contribution >= 4 is 45.9 Å². The maximum absolute atomic E-state index is 13.7. The van der Waals surface area contributed by atoms with Gasteiger partial charge in [0.05, 0.1) is 16.7 Å². The number of hydrogen-bond acceptors (Lipinski definition) is 4. The molecule has 0 saturated carbocycles. The Morgan fingerprint density at radius 2 is 1.96 bits per heavy atom. The van der Waals surface area contributed by atoms with Crippen LogP contribution in [0.15, 0.2) is 46.3 Å². The van der Waals surface area contributed by atoms with Gasteiger partial charge in [0.2, 0.25) is 5.91 Å². The molecule has 1 aromatic heterocycles. The number of rotatable bonds is 6. The number of para-hydroxylation sites is 1. The first-order chi connectivity index (χ1) is 13.4. The van der Waals surface area contributed by atoms with E-state index in [1.165, 1.54) is 10.6 Å². The standard InChI is InChI=1S/C19H16ClF2N3O2S/c1-2-8-25-18(27)12-7-6-11(20)9-15(12)23-19(25)28-10-16(26)24-17-13(21)4-3-5-14(17)22/h3-7,9H,2,8,10H2,1H3,(H,24,26). The number of carbonyl (C=O) groups is 1. The van der Waals surface area contributed by atoms with Crippen LogP contribution in [0.3, 0.4) is 0 Å². The van der Waals surface area contributed by atoms with Crippen LogP contribution in [0.4, 0.5) is 14.5 Å². The molecule has 0 bridgehead atoms. The summed E-state index contributed by atoms with van der Waals surface area (Å²) in [4.78, 5) is 29.3. The summed E-state index contributed by atoms with van der Waals surface area (Å²) in [5.41, 5.74) is -0.309. The minimum absolute atomic E-state index is 0.171. The average Bonchev–Trinajstić information content (AvgIpc) is 2.65. The number of thioether (sulfide) groups is 1. The summed E-state index contributed by atoms with van der Waals surface area (Å²) >= 11 is 6.99. The van der Waals surface area contributed by atoms with E-state index in [4.69, 9.17) is 11.6 Å². The molecule has 2 aromatic carbocycles. The third-order valence-electron chi connectivity index (χ3n) is 3.89. The van der Waals surface area contributed by atoms with Crippen LogP contribution in [0.25, 0.3) is 10.9 Å². The zero-order valence-electron chi connectivity index (χ0n) is 14.8. The maximum atomic E-state index is 13.7. The zero-order chi connectivity index (χ0) is 20.3. The molecule has 0 radical (unpaired) electrons. The van der Waals surface area contributed by atoms with Gasteiger partial charge in [0.1, 0.15) is 17.3 Å². The largest absolute Gasteiger partial charge is 0.320 e. The van der Waals surface area contributed by atoms with Crippen molar-refractivity contribution in [1.82, 2.24) is 9.55 Å². The Morgan fingerprint density at radius 1 is 1.25 bits per heavy atom. The first kappa shape index (κ1) is 20.3. The summed E-state index contributed by atoms with van der Waals surface area (Å²) in [6.45, 7) is 2.34. The first-order valence-corrected chi connectivity index (χ1v) is 9.83. The normalized spacial score (nSPS) is 11.0. The van der Waals surface area contributed by atoms with Crippen molar-refractivity contribution < 1.29 is 13.6 Å². The Morgan fingerprint density at radius 3 is 2.64 bits per heavy atom. The highest BCUT2D eigenvalue weighted by atomic mass is 35.5. The number of benzene rings is 2. The fourth-order valence-corrected chi connectivity index (χ4v) is 3.62. The molecule has 0 spiro atoms. The van der Waals surface area contributed by atoms with Crippen LogP contribution in [-0.2, 0) is 11.3 Å². The number of anilines is 1. The van der Waals surface area contributed by atoms with Gasteiger partial charge in [-0.1, -0.05) is 36.4 Å². The molecule has 146 valence electrons. The second-order valence-electron chi connectivity index (χ2n) is 5.95. The van der Waals surface area contributed by atoms with E-state index in [9.17, 15) is 18.4 Å². The van der Waals surface area contributed by atoms with Crippen molar-refractivity contribution in [3.63, 3.8) is 0 Å². The number of aromatic nitrogens is 2. The molecular weight excluding hydrogens is 408 g/mol. The Kier molecular flexibility index (Phi) is 6.31. The van der Waals surface area contributed by atoms with Crippen LogP contribution < -0.4 is 10.9 Å². The van der Waals surface area contributed by atoms with Gasteiger partial charge in [-0.05, 0) is 36.8 Å². The first-order valence-electron chi connectivity index (χ1n) is 8.47. The molecule has 0 aliphatic rings. The number of carbonyl (C=O) groups excluding carboxylic acids is 1. The predicted octanol–water partition coefficient (Wildman–Crippen LogP) is 4.47. The monoisotopic (exact) mass is 423 g/mol. The fourth-order valence-electron chi connectivity index (χ4n) is 2.63. The second kappa shape index (κ2) is 8.70. The number of fused-ring (bicyclic) bond motifs is 1. The Hall–Kier alpha value is -2.45. The number of nitrogens with one attached hydrogen (secondary N) is 1. The van der Waals surface area contributed by atoms with Crippen LogP contribution in [0.1, 0.15) is 13.3 Å². The summed E-state index contributed by atoms with van der Waals surface area (Å²) in [6, 6.07) is 8.13. The van der Waals surface area contributed by atoms with Crippen molar-refractivity contribution in [2.45, 2.75) is 25.0 Å². The molecule has 5 nitrogen and oxygen atoms in total. The molecule has 28 heavy (non-hydrogen) atoms. The lowest BCUT2D eigenvalue weighted by Crippen LogP contribution is -2.24. The molecule has 3 aromatic rings. The summed E-state index contributed by atoms with van der Waals surface area (Å²) in [5, 5.41) is 3.43. The lowest BCUT2D eigenvalue weighted by Gasteiger charge is -2.12. The van der Waals surface area contributed by atoms with Crippen LogP contribution in [0.2, 0.25) is 5.02 Å². The van der Waals surface area contributed by atoms with Crippen molar-refractivity contribution in [2.75, 3.05) is 11.1 Å². The van der Waals surface area contributed by atoms with Crippen LogP contribution in [0.5, 0.6) is 0 Å². The molecule has 1 amide bonds. The van der Waals surface area contributed by atoms with Gasteiger partial charge in [-0.15, -0.1) is 0 Å². The molecule has 0 aliphatic carbocycles. The summed E-state index contributed by atoms with van der Waals surface area (Å²) < 4.78 is 28.8. The molecule has 9 heteroatoms. The average molecular weight is 424 g/mol. The molecule has 0 saturated heterocycles. The lowest BCUT2D eigenvalue weighted by molar-refractivity contribution is -0.113. The summed E-state index contributed by atoms with van der Waals surface area (Å²) in [7, 11) is 0. The van der Waals surface area contributed by atoms with Gasteiger partial charge in [0.15, 0.2) is 5.16 Å². The van der Waals surface area contributed by atoms with Crippen molar-refractivity contribution in [3.05, 3.63) is 63.4 Å². The SMILES string of the molecule is CCCn1c(SCC(=O)Nc2c(F)cccc2F)nc2cc(Cl)ccc2c1=O. The zero-order valence-corrected chi connectivity index (χ0v) is 16.4. The minimum atomic E-state index is -0.861. The van der Waals surface area contributed by atoms with Crippen LogP contribution in [0, 0.1) is 11.6 Å². The van der Waals surface area contributed by atoms with Gasteiger partial charge in [-0.25, -0.2) is 13.8 Å². The van der Waals surface area contributed by atoms with E-state index in [0.29, 0.717) is 34.0 Å². The molecule has 0 aliphatic heterocycles. The molecule has 3 rings (SSSR count). The van der Waals surface area contributed by atoms with E-state index >= 15 is 0 Å².